The van der Waals surface area contributed by atoms with E-state index in [9.17, 15) is 0 Å². The number of rotatable bonds is 2. The molecule has 88 valence electrons. The SMILES string of the molecule is Brc1cncc(-c2n[nH]c(-c3ccccc3)n2)c1. The number of pyridine rings is 1. The van der Waals surface area contributed by atoms with Crippen molar-refractivity contribution in [2.45, 2.75) is 0 Å². The summed E-state index contributed by atoms with van der Waals surface area (Å²) in [6, 6.07) is 11.8. The van der Waals surface area contributed by atoms with Gasteiger partial charge in [0.2, 0.25) is 0 Å². The molecule has 1 aromatic carbocycles. The normalized spacial score (nSPS) is 10.5. The van der Waals surface area contributed by atoms with E-state index in [4.69, 9.17) is 0 Å². The highest BCUT2D eigenvalue weighted by Gasteiger charge is 2.07. The van der Waals surface area contributed by atoms with Gasteiger partial charge >= 0.3 is 0 Å². The second-order valence-electron chi connectivity index (χ2n) is 3.77. The lowest BCUT2D eigenvalue weighted by atomic mass is 10.2. The lowest BCUT2D eigenvalue weighted by molar-refractivity contribution is 1.10. The highest BCUT2D eigenvalue weighted by molar-refractivity contribution is 9.10. The minimum atomic E-state index is 0.641. The summed E-state index contributed by atoms with van der Waals surface area (Å²) in [5.74, 6) is 1.40. The van der Waals surface area contributed by atoms with Gasteiger partial charge in [0, 0.05) is 28.0 Å². The molecule has 0 amide bonds. The number of aromatic amines is 1. The van der Waals surface area contributed by atoms with E-state index < -0.39 is 0 Å². The number of nitrogens with one attached hydrogen (secondary N) is 1. The Bertz CT molecular complexity index is 664. The van der Waals surface area contributed by atoms with Crippen molar-refractivity contribution in [3.05, 3.63) is 53.3 Å². The van der Waals surface area contributed by atoms with Gasteiger partial charge in [0.15, 0.2) is 11.6 Å². The Balaban J connectivity index is 2.00. The van der Waals surface area contributed by atoms with Crippen molar-refractivity contribution in [2.24, 2.45) is 0 Å². The van der Waals surface area contributed by atoms with Gasteiger partial charge in [-0.25, -0.2) is 4.98 Å². The third-order valence-electron chi connectivity index (χ3n) is 2.50. The summed E-state index contributed by atoms with van der Waals surface area (Å²) in [7, 11) is 0. The molecule has 1 N–H and O–H groups in total. The molecule has 0 spiro atoms. The number of aromatic nitrogens is 4. The summed E-state index contributed by atoms with van der Waals surface area (Å²) in [6.07, 6.45) is 3.47. The van der Waals surface area contributed by atoms with Crippen LogP contribution >= 0.6 is 15.9 Å². The van der Waals surface area contributed by atoms with Crippen LogP contribution in [0.4, 0.5) is 0 Å². The summed E-state index contributed by atoms with van der Waals surface area (Å²) in [5, 5.41) is 7.14. The van der Waals surface area contributed by atoms with Crippen LogP contribution in [-0.2, 0) is 0 Å². The summed E-state index contributed by atoms with van der Waals surface area (Å²) in [4.78, 5) is 8.57. The van der Waals surface area contributed by atoms with E-state index in [2.05, 4.69) is 36.1 Å². The summed E-state index contributed by atoms with van der Waals surface area (Å²) in [5.41, 5.74) is 1.89. The van der Waals surface area contributed by atoms with E-state index in [0.29, 0.717) is 5.82 Å². The number of halogens is 1. The van der Waals surface area contributed by atoms with Crippen molar-refractivity contribution >= 4 is 15.9 Å². The van der Waals surface area contributed by atoms with E-state index in [1.54, 1.807) is 12.4 Å². The van der Waals surface area contributed by atoms with Gasteiger partial charge in [-0.2, -0.15) is 5.10 Å². The quantitative estimate of drug-likeness (QED) is 0.790. The van der Waals surface area contributed by atoms with Gasteiger partial charge in [-0.1, -0.05) is 30.3 Å². The molecule has 18 heavy (non-hydrogen) atoms. The predicted molar refractivity (Wildman–Crippen MR) is 72.7 cm³/mol. The zero-order valence-electron chi connectivity index (χ0n) is 9.34. The van der Waals surface area contributed by atoms with E-state index in [1.165, 1.54) is 0 Å². The average Bonchev–Trinajstić information content (AvgIpc) is 2.89. The Morgan fingerprint density at radius 1 is 1.00 bits per heavy atom. The van der Waals surface area contributed by atoms with Crippen molar-refractivity contribution in [3.63, 3.8) is 0 Å². The van der Waals surface area contributed by atoms with Crippen molar-refractivity contribution in [1.29, 1.82) is 0 Å². The Labute approximate surface area is 112 Å². The molecule has 0 saturated carbocycles. The first kappa shape index (κ1) is 11.1. The van der Waals surface area contributed by atoms with Crippen LogP contribution in [0.3, 0.4) is 0 Å². The molecule has 0 atom stereocenters. The topological polar surface area (TPSA) is 54.5 Å². The molecule has 0 saturated heterocycles. The molecule has 0 aliphatic rings. The first-order chi connectivity index (χ1) is 8.83. The highest BCUT2D eigenvalue weighted by Crippen LogP contribution is 2.21. The van der Waals surface area contributed by atoms with Crippen LogP contribution in [0.1, 0.15) is 0 Å². The van der Waals surface area contributed by atoms with E-state index >= 15 is 0 Å². The first-order valence-corrected chi connectivity index (χ1v) is 6.21. The molecular weight excluding hydrogens is 292 g/mol. The van der Waals surface area contributed by atoms with Gasteiger partial charge in [0.25, 0.3) is 0 Å². The van der Waals surface area contributed by atoms with Crippen LogP contribution in [0.25, 0.3) is 22.8 Å². The number of nitrogens with zero attached hydrogens (tertiary/aromatic N) is 3. The Morgan fingerprint density at radius 3 is 2.61 bits per heavy atom. The fourth-order valence-corrected chi connectivity index (χ4v) is 2.02. The molecule has 0 bridgehead atoms. The second kappa shape index (κ2) is 4.70. The zero-order chi connectivity index (χ0) is 12.4. The molecule has 0 aliphatic heterocycles. The number of benzene rings is 1. The molecule has 2 heterocycles. The molecule has 0 unspecified atom stereocenters. The summed E-state index contributed by atoms with van der Waals surface area (Å²) >= 11 is 3.38. The fraction of sp³-hybridized carbons (Fsp3) is 0. The highest BCUT2D eigenvalue weighted by atomic mass is 79.9. The monoisotopic (exact) mass is 300 g/mol. The van der Waals surface area contributed by atoms with Crippen molar-refractivity contribution in [2.75, 3.05) is 0 Å². The fourth-order valence-electron chi connectivity index (χ4n) is 1.65. The van der Waals surface area contributed by atoms with Crippen molar-refractivity contribution in [3.8, 4) is 22.8 Å². The minimum absolute atomic E-state index is 0.641. The van der Waals surface area contributed by atoms with Gasteiger partial charge in [-0.05, 0) is 22.0 Å². The van der Waals surface area contributed by atoms with E-state index in [1.807, 2.05) is 36.4 Å². The minimum Gasteiger partial charge on any atom is -0.263 e. The second-order valence-corrected chi connectivity index (χ2v) is 4.68. The maximum absolute atomic E-state index is 4.46. The molecule has 2 aromatic heterocycles. The maximum Gasteiger partial charge on any atom is 0.183 e. The van der Waals surface area contributed by atoms with E-state index in [0.717, 1.165) is 21.4 Å². The van der Waals surface area contributed by atoms with Crippen molar-refractivity contribution < 1.29 is 0 Å². The zero-order valence-corrected chi connectivity index (χ0v) is 10.9. The largest absolute Gasteiger partial charge is 0.263 e. The van der Waals surface area contributed by atoms with Gasteiger partial charge in [0.05, 0.1) is 0 Å². The van der Waals surface area contributed by atoms with Crippen LogP contribution in [-0.4, -0.2) is 20.2 Å². The van der Waals surface area contributed by atoms with Gasteiger partial charge in [0.1, 0.15) is 0 Å². The Kier molecular flexibility index (Phi) is 2.90. The molecule has 0 radical (unpaired) electrons. The summed E-state index contributed by atoms with van der Waals surface area (Å²) < 4.78 is 0.908. The van der Waals surface area contributed by atoms with Crippen LogP contribution in [0.5, 0.6) is 0 Å². The predicted octanol–water partition coefficient (Wildman–Crippen LogP) is 3.30. The third kappa shape index (κ3) is 2.17. The van der Waals surface area contributed by atoms with Gasteiger partial charge in [-0.3, -0.25) is 10.1 Å². The Morgan fingerprint density at radius 2 is 1.83 bits per heavy atom. The smallest absolute Gasteiger partial charge is 0.183 e. The number of H-pyrrole nitrogens is 1. The standard InChI is InChI=1S/C13H9BrN4/c14-11-6-10(7-15-8-11)13-16-12(17-18-13)9-4-2-1-3-5-9/h1-8H,(H,16,17,18). The van der Waals surface area contributed by atoms with E-state index in [-0.39, 0.29) is 0 Å². The Hall–Kier alpha value is -2.01. The average molecular weight is 301 g/mol. The maximum atomic E-state index is 4.46. The van der Waals surface area contributed by atoms with Gasteiger partial charge < -0.3 is 0 Å². The van der Waals surface area contributed by atoms with Crippen LogP contribution in [0, 0.1) is 0 Å². The third-order valence-corrected chi connectivity index (χ3v) is 2.93. The molecular formula is C13H9BrN4. The lowest BCUT2D eigenvalue weighted by Crippen LogP contribution is -1.83. The number of hydrogen-bond acceptors (Lipinski definition) is 3. The van der Waals surface area contributed by atoms with Crippen LogP contribution in [0.15, 0.2) is 53.3 Å². The lowest BCUT2D eigenvalue weighted by Gasteiger charge is -1.95. The van der Waals surface area contributed by atoms with Crippen LogP contribution < -0.4 is 0 Å². The molecule has 0 fully saturated rings. The first-order valence-electron chi connectivity index (χ1n) is 5.42. The molecule has 5 heteroatoms. The molecule has 3 rings (SSSR count). The number of hydrogen-bond donors (Lipinski definition) is 1. The molecule has 0 aliphatic carbocycles. The van der Waals surface area contributed by atoms with Crippen LogP contribution in [0.2, 0.25) is 0 Å². The van der Waals surface area contributed by atoms with Gasteiger partial charge in [-0.15, -0.1) is 0 Å². The molecule has 3 aromatic rings. The molecule has 4 nitrogen and oxygen atoms in total. The van der Waals surface area contributed by atoms with Crippen molar-refractivity contribution in [1.82, 2.24) is 20.2 Å². The summed E-state index contributed by atoms with van der Waals surface area (Å²) in [6.45, 7) is 0.